The average Bonchev–Trinajstić information content (AvgIpc) is 3.09. The summed E-state index contributed by atoms with van der Waals surface area (Å²) in [5.74, 6) is 1.01. The highest BCUT2D eigenvalue weighted by Gasteiger charge is 2.17. The number of piperazine rings is 1. The van der Waals surface area contributed by atoms with Gasteiger partial charge in [-0.2, -0.15) is 0 Å². The molecule has 1 aromatic carbocycles. The normalized spacial score (nSPS) is 15.3. The number of carbonyl (C=O) groups is 1. The lowest BCUT2D eigenvalue weighted by molar-refractivity contribution is -0.130. The molecule has 0 aliphatic carbocycles. The summed E-state index contributed by atoms with van der Waals surface area (Å²) in [4.78, 5) is 23.4. The minimum atomic E-state index is 0. The number of aryl methyl sites for hydroxylation is 1. The van der Waals surface area contributed by atoms with E-state index >= 15 is 0 Å². The maximum atomic E-state index is 11.4. The molecule has 1 aliphatic heterocycles. The van der Waals surface area contributed by atoms with Crippen molar-refractivity contribution < 1.29 is 4.79 Å². The van der Waals surface area contributed by atoms with Crippen LogP contribution in [0.3, 0.4) is 0 Å². The Morgan fingerprint density at radius 1 is 1.17 bits per heavy atom. The number of nitrogens with zero attached hydrogens (tertiary/aromatic N) is 3. The van der Waals surface area contributed by atoms with Gasteiger partial charge in [-0.3, -0.25) is 14.7 Å². The lowest BCUT2D eigenvalue weighted by Crippen LogP contribution is -2.50. The van der Waals surface area contributed by atoms with Gasteiger partial charge in [-0.15, -0.1) is 24.0 Å². The molecule has 7 nitrogen and oxygen atoms in total. The number of halogens is 1. The van der Waals surface area contributed by atoms with Crippen molar-refractivity contribution in [1.82, 2.24) is 25.4 Å². The summed E-state index contributed by atoms with van der Waals surface area (Å²) in [6.45, 7) is 9.91. The number of nitrogens with one attached hydrogen (secondary N) is 3. The summed E-state index contributed by atoms with van der Waals surface area (Å²) in [7, 11) is 1.80. The van der Waals surface area contributed by atoms with Crippen LogP contribution < -0.4 is 10.6 Å². The van der Waals surface area contributed by atoms with E-state index in [2.05, 4.69) is 56.8 Å². The van der Waals surface area contributed by atoms with Crippen LogP contribution in [-0.4, -0.2) is 79.5 Å². The Morgan fingerprint density at radius 3 is 2.59 bits per heavy atom. The minimum absolute atomic E-state index is 0. The van der Waals surface area contributed by atoms with Crippen LogP contribution in [0.4, 0.5) is 0 Å². The predicted octanol–water partition coefficient (Wildman–Crippen LogP) is 1.97. The number of hydrogen-bond donors (Lipinski definition) is 3. The number of aliphatic imine (C=N–C) groups is 1. The Morgan fingerprint density at radius 2 is 1.90 bits per heavy atom. The summed E-state index contributed by atoms with van der Waals surface area (Å²) in [5, 5.41) is 8.07. The molecule has 3 N–H and O–H groups in total. The molecular formula is C21H33IN6O. The number of H-pyrrole nitrogens is 1. The molecule has 160 valence electrons. The van der Waals surface area contributed by atoms with E-state index in [-0.39, 0.29) is 29.9 Å². The van der Waals surface area contributed by atoms with Gasteiger partial charge in [0.25, 0.3) is 0 Å². The lowest BCUT2D eigenvalue weighted by Gasteiger charge is -2.34. The first-order valence-corrected chi connectivity index (χ1v) is 10.1. The maximum Gasteiger partial charge on any atom is 0.219 e. The molecule has 1 fully saturated rings. The molecule has 2 aromatic rings. The molecule has 0 atom stereocenters. The van der Waals surface area contributed by atoms with Crippen molar-refractivity contribution in [1.29, 1.82) is 0 Å². The van der Waals surface area contributed by atoms with Gasteiger partial charge in [-0.05, 0) is 30.5 Å². The summed E-state index contributed by atoms with van der Waals surface area (Å²) >= 11 is 0. The van der Waals surface area contributed by atoms with Gasteiger partial charge >= 0.3 is 0 Å². The second-order valence-electron chi connectivity index (χ2n) is 7.39. The molecular weight excluding hydrogens is 479 g/mol. The third kappa shape index (κ3) is 6.60. The largest absolute Gasteiger partial charge is 0.361 e. The van der Waals surface area contributed by atoms with E-state index in [1.165, 1.54) is 22.0 Å². The maximum absolute atomic E-state index is 11.4. The number of hydrogen-bond acceptors (Lipinski definition) is 3. The zero-order valence-electron chi connectivity index (χ0n) is 17.6. The number of aromatic amines is 1. The van der Waals surface area contributed by atoms with E-state index in [1.807, 2.05) is 4.90 Å². The number of aromatic nitrogens is 1. The van der Waals surface area contributed by atoms with Crippen LogP contribution in [-0.2, 0) is 11.2 Å². The molecule has 1 saturated heterocycles. The van der Waals surface area contributed by atoms with Crippen LogP contribution in [0.5, 0.6) is 0 Å². The fourth-order valence-corrected chi connectivity index (χ4v) is 3.66. The second kappa shape index (κ2) is 11.4. The third-order valence-electron chi connectivity index (χ3n) is 5.37. The Kier molecular flexibility index (Phi) is 9.22. The third-order valence-corrected chi connectivity index (χ3v) is 5.37. The van der Waals surface area contributed by atoms with Gasteiger partial charge in [0.2, 0.25) is 5.91 Å². The number of amides is 1. The van der Waals surface area contributed by atoms with Gasteiger partial charge in [0.1, 0.15) is 0 Å². The first-order chi connectivity index (χ1) is 13.6. The van der Waals surface area contributed by atoms with E-state index in [0.29, 0.717) is 0 Å². The molecule has 0 saturated carbocycles. The standard InChI is InChI=1S/C21H32N6O.HI/c1-16-4-5-19-18(15-25-20(19)14-16)6-7-23-21(22-3)24-8-9-26-10-12-27(13-11-26)17(2)28;/h4-5,14-15,25H,6-13H2,1-3H3,(H2,22,23,24);1H. The van der Waals surface area contributed by atoms with Crippen molar-refractivity contribution in [2.45, 2.75) is 20.3 Å². The SMILES string of the molecule is CN=C(NCCc1c[nH]c2cc(C)ccc12)NCCN1CCN(C(C)=O)CC1.I. The first-order valence-electron chi connectivity index (χ1n) is 10.1. The van der Waals surface area contributed by atoms with E-state index in [1.54, 1.807) is 14.0 Å². The van der Waals surface area contributed by atoms with Gasteiger partial charge in [0.05, 0.1) is 0 Å². The monoisotopic (exact) mass is 512 g/mol. The van der Waals surface area contributed by atoms with Crippen LogP contribution in [0, 0.1) is 6.92 Å². The molecule has 0 bridgehead atoms. The van der Waals surface area contributed by atoms with Crippen LogP contribution >= 0.6 is 24.0 Å². The van der Waals surface area contributed by atoms with E-state index < -0.39 is 0 Å². The Balaban J connectivity index is 0.00000300. The van der Waals surface area contributed by atoms with Gasteiger partial charge in [0.15, 0.2) is 5.96 Å². The zero-order valence-corrected chi connectivity index (χ0v) is 20.0. The van der Waals surface area contributed by atoms with E-state index in [0.717, 1.165) is 58.2 Å². The highest BCUT2D eigenvalue weighted by Crippen LogP contribution is 2.19. The fourth-order valence-electron chi connectivity index (χ4n) is 3.66. The lowest BCUT2D eigenvalue weighted by atomic mass is 10.1. The van der Waals surface area contributed by atoms with Gasteiger partial charge in [-0.1, -0.05) is 12.1 Å². The van der Waals surface area contributed by atoms with Crippen molar-refractivity contribution in [3.8, 4) is 0 Å². The van der Waals surface area contributed by atoms with Crippen molar-refractivity contribution in [2.75, 3.05) is 52.9 Å². The molecule has 8 heteroatoms. The Labute approximate surface area is 190 Å². The van der Waals surface area contributed by atoms with Gasteiger partial charge < -0.3 is 20.5 Å². The van der Waals surface area contributed by atoms with Crippen molar-refractivity contribution >= 4 is 46.7 Å². The summed E-state index contributed by atoms with van der Waals surface area (Å²) in [6, 6.07) is 6.53. The van der Waals surface area contributed by atoms with Crippen molar-refractivity contribution in [2.24, 2.45) is 4.99 Å². The molecule has 0 spiro atoms. The molecule has 0 unspecified atom stereocenters. The van der Waals surface area contributed by atoms with Crippen molar-refractivity contribution in [3.63, 3.8) is 0 Å². The van der Waals surface area contributed by atoms with Crippen LogP contribution in [0.1, 0.15) is 18.1 Å². The number of fused-ring (bicyclic) bond motifs is 1. The fraction of sp³-hybridized carbons (Fsp3) is 0.524. The van der Waals surface area contributed by atoms with Crippen LogP contribution in [0.25, 0.3) is 10.9 Å². The number of benzene rings is 1. The van der Waals surface area contributed by atoms with Crippen LogP contribution in [0.15, 0.2) is 29.4 Å². The summed E-state index contributed by atoms with van der Waals surface area (Å²) in [5.41, 5.74) is 3.79. The molecule has 3 rings (SSSR count). The molecule has 1 aliphatic rings. The van der Waals surface area contributed by atoms with Gasteiger partial charge in [0, 0.05) is 76.9 Å². The summed E-state index contributed by atoms with van der Waals surface area (Å²) < 4.78 is 0. The Bertz CT molecular complexity index is 826. The zero-order chi connectivity index (χ0) is 19.9. The smallest absolute Gasteiger partial charge is 0.219 e. The quantitative estimate of drug-likeness (QED) is 0.315. The molecule has 1 aromatic heterocycles. The van der Waals surface area contributed by atoms with Crippen LogP contribution in [0.2, 0.25) is 0 Å². The molecule has 29 heavy (non-hydrogen) atoms. The average molecular weight is 512 g/mol. The summed E-state index contributed by atoms with van der Waals surface area (Å²) in [6.07, 6.45) is 3.04. The number of carbonyl (C=O) groups excluding carboxylic acids is 1. The Hall–Kier alpha value is -1.81. The molecule has 1 amide bonds. The second-order valence-corrected chi connectivity index (χ2v) is 7.39. The van der Waals surface area contributed by atoms with Gasteiger partial charge in [-0.25, -0.2) is 0 Å². The highest BCUT2D eigenvalue weighted by molar-refractivity contribution is 14.0. The van der Waals surface area contributed by atoms with Crippen molar-refractivity contribution in [3.05, 3.63) is 35.5 Å². The number of rotatable bonds is 6. The molecule has 2 heterocycles. The predicted molar refractivity (Wildman–Crippen MR) is 130 cm³/mol. The topological polar surface area (TPSA) is 75.8 Å². The minimum Gasteiger partial charge on any atom is -0.361 e. The van der Waals surface area contributed by atoms with E-state index in [9.17, 15) is 4.79 Å². The molecule has 0 radical (unpaired) electrons. The number of guanidine groups is 1. The first kappa shape index (κ1) is 23.5. The van der Waals surface area contributed by atoms with E-state index in [4.69, 9.17) is 0 Å². The highest BCUT2D eigenvalue weighted by atomic mass is 127.